The summed E-state index contributed by atoms with van der Waals surface area (Å²) < 4.78 is 5.11. The van der Waals surface area contributed by atoms with Gasteiger partial charge in [0.2, 0.25) is 5.89 Å². The molecule has 0 amide bonds. The second kappa shape index (κ2) is 6.03. The van der Waals surface area contributed by atoms with Crippen molar-refractivity contribution in [3.8, 4) is 0 Å². The van der Waals surface area contributed by atoms with Crippen molar-refractivity contribution >= 4 is 11.8 Å². The molecule has 1 aromatic rings. The molecule has 0 aromatic carbocycles. The third kappa shape index (κ3) is 3.31. The zero-order valence-electron chi connectivity index (χ0n) is 8.91. The second-order valence-corrected chi connectivity index (χ2v) is 4.22. The van der Waals surface area contributed by atoms with Crippen molar-refractivity contribution in [2.75, 3.05) is 12.8 Å². The van der Waals surface area contributed by atoms with Gasteiger partial charge in [-0.2, -0.15) is 16.7 Å². The molecule has 1 rings (SSSR count). The van der Waals surface area contributed by atoms with Gasteiger partial charge in [-0.1, -0.05) is 12.1 Å². The minimum absolute atomic E-state index is 0.132. The SMILES string of the molecule is CCCSCc1noc(C(C)NC)n1. The minimum atomic E-state index is 0.132. The zero-order valence-corrected chi connectivity index (χ0v) is 9.73. The van der Waals surface area contributed by atoms with Crippen LogP contribution in [0.1, 0.15) is 38.0 Å². The van der Waals surface area contributed by atoms with Gasteiger partial charge >= 0.3 is 0 Å². The van der Waals surface area contributed by atoms with E-state index in [-0.39, 0.29) is 6.04 Å². The van der Waals surface area contributed by atoms with Crippen LogP contribution in [0.3, 0.4) is 0 Å². The summed E-state index contributed by atoms with van der Waals surface area (Å²) in [5, 5.41) is 6.97. The Morgan fingerprint density at radius 3 is 3.00 bits per heavy atom. The Bertz CT molecular complexity index is 264. The predicted molar refractivity (Wildman–Crippen MR) is 58.2 cm³/mol. The standard InChI is InChI=1S/C9H17N3OS/c1-4-5-14-6-8-11-9(13-12-8)7(2)10-3/h7,10H,4-6H2,1-3H3. The first-order valence-electron chi connectivity index (χ1n) is 4.85. The monoisotopic (exact) mass is 215 g/mol. The number of aromatic nitrogens is 2. The first-order valence-corrected chi connectivity index (χ1v) is 6.00. The lowest BCUT2D eigenvalue weighted by molar-refractivity contribution is 0.344. The third-order valence-corrected chi connectivity index (χ3v) is 3.03. The lowest BCUT2D eigenvalue weighted by Gasteiger charge is -2.01. The van der Waals surface area contributed by atoms with Gasteiger partial charge in [-0.05, 0) is 26.1 Å². The maximum atomic E-state index is 5.11. The maximum Gasteiger partial charge on any atom is 0.243 e. The van der Waals surface area contributed by atoms with E-state index in [4.69, 9.17) is 4.52 Å². The molecule has 1 N–H and O–H groups in total. The van der Waals surface area contributed by atoms with E-state index in [0.717, 1.165) is 17.3 Å². The van der Waals surface area contributed by atoms with E-state index < -0.39 is 0 Å². The number of hydrogen-bond acceptors (Lipinski definition) is 5. The highest BCUT2D eigenvalue weighted by Crippen LogP contribution is 2.13. The smallest absolute Gasteiger partial charge is 0.243 e. The number of rotatable bonds is 6. The number of thioether (sulfide) groups is 1. The molecule has 0 aliphatic carbocycles. The Morgan fingerprint density at radius 1 is 1.57 bits per heavy atom. The predicted octanol–water partition coefficient (Wildman–Crippen LogP) is 1.99. The molecule has 0 aliphatic heterocycles. The molecule has 0 spiro atoms. The molecule has 0 saturated heterocycles. The highest BCUT2D eigenvalue weighted by Gasteiger charge is 2.11. The fourth-order valence-electron chi connectivity index (χ4n) is 0.933. The van der Waals surface area contributed by atoms with Gasteiger partial charge in [0.05, 0.1) is 11.8 Å². The van der Waals surface area contributed by atoms with Crippen LogP contribution in [0.2, 0.25) is 0 Å². The summed E-state index contributed by atoms with van der Waals surface area (Å²) in [6, 6.07) is 0.132. The van der Waals surface area contributed by atoms with Crippen LogP contribution in [-0.2, 0) is 5.75 Å². The third-order valence-electron chi connectivity index (χ3n) is 1.87. The van der Waals surface area contributed by atoms with Gasteiger partial charge in [0.1, 0.15) is 0 Å². The molecule has 1 aromatic heterocycles. The van der Waals surface area contributed by atoms with E-state index in [1.807, 2.05) is 25.7 Å². The first kappa shape index (κ1) is 11.5. The van der Waals surface area contributed by atoms with Crippen LogP contribution in [0.15, 0.2) is 4.52 Å². The Kier molecular flexibility index (Phi) is 4.97. The molecule has 5 heteroatoms. The van der Waals surface area contributed by atoms with Gasteiger partial charge < -0.3 is 9.84 Å². The van der Waals surface area contributed by atoms with Crippen LogP contribution in [0.4, 0.5) is 0 Å². The van der Waals surface area contributed by atoms with E-state index in [9.17, 15) is 0 Å². The Labute approximate surface area is 88.8 Å². The van der Waals surface area contributed by atoms with E-state index in [0.29, 0.717) is 5.89 Å². The Morgan fingerprint density at radius 2 is 2.36 bits per heavy atom. The van der Waals surface area contributed by atoms with Gasteiger partial charge in [-0.25, -0.2) is 0 Å². The fraction of sp³-hybridized carbons (Fsp3) is 0.778. The van der Waals surface area contributed by atoms with E-state index in [1.165, 1.54) is 6.42 Å². The molecule has 1 unspecified atom stereocenters. The summed E-state index contributed by atoms with van der Waals surface area (Å²) in [4.78, 5) is 4.29. The number of nitrogens with zero attached hydrogens (tertiary/aromatic N) is 2. The molecule has 0 saturated carbocycles. The molecule has 4 nitrogen and oxygen atoms in total. The zero-order chi connectivity index (χ0) is 10.4. The molecule has 1 heterocycles. The normalized spacial score (nSPS) is 13.1. The van der Waals surface area contributed by atoms with E-state index >= 15 is 0 Å². The minimum Gasteiger partial charge on any atom is -0.338 e. The van der Waals surface area contributed by atoms with Gasteiger partial charge in [-0.15, -0.1) is 0 Å². The molecule has 14 heavy (non-hydrogen) atoms. The van der Waals surface area contributed by atoms with Crippen LogP contribution in [-0.4, -0.2) is 22.9 Å². The molecule has 0 fully saturated rings. The molecule has 0 radical (unpaired) electrons. The summed E-state index contributed by atoms with van der Waals surface area (Å²) >= 11 is 1.83. The number of nitrogens with one attached hydrogen (secondary N) is 1. The van der Waals surface area contributed by atoms with Crippen molar-refractivity contribution < 1.29 is 4.52 Å². The van der Waals surface area contributed by atoms with Crippen molar-refractivity contribution in [1.82, 2.24) is 15.5 Å². The highest BCUT2D eigenvalue weighted by atomic mass is 32.2. The van der Waals surface area contributed by atoms with E-state index in [2.05, 4.69) is 22.4 Å². The van der Waals surface area contributed by atoms with Gasteiger partial charge in [0.25, 0.3) is 0 Å². The van der Waals surface area contributed by atoms with Gasteiger partial charge in [-0.3, -0.25) is 0 Å². The fourth-order valence-corrected chi connectivity index (χ4v) is 1.67. The average Bonchev–Trinajstić information content (AvgIpc) is 2.66. The Hall–Kier alpha value is -0.550. The molecule has 0 aliphatic rings. The van der Waals surface area contributed by atoms with Crippen molar-refractivity contribution in [2.24, 2.45) is 0 Å². The summed E-state index contributed by atoms with van der Waals surface area (Å²) in [6.45, 7) is 4.16. The molecule has 0 bridgehead atoms. The Balaban J connectivity index is 2.42. The lowest BCUT2D eigenvalue weighted by atomic mass is 10.3. The van der Waals surface area contributed by atoms with Crippen LogP contribution in [0.5, 0.6) is 0 Å². The van der Waals surface area contributed by atoms with Crippen molar-refractivity contribution in [3.63, 3.8) is 0 Å². The summed E-state index contributed by atoms with van der Waals surface area (Å²) in [5.41, 5.74) is 0. The summed E-state index contributed by atoms with van der Waals surface area (Å²) in [7, 11) is 1.88. The second-order valence-electron chi connectivity index (χ2n) is 3.11. The largest absolute Gasteiger partial charge is 0.338 e. The molecule has 1 atom stereocenters. The van der Waals surface area contributed by atoms with Gasteiger partial charge in [0, 0.05) is 0 Å². The first-order chi connectivity index (χ1) is 6.77. The molecular formula is C9H17N3OS. The molecular weight excluding hydrogens is 198 g/mol. The van der Waals surface area contributed by atoms with Crippen molar-refractivity contribution in [1.29, 1.82) is 0 Å². The van der Waals surface area contributed by atoms with Crippen molar-refractivity contribution in [2.45, 2.75) is 32.1 Å². The van der Waals surface area contributed by atoms with Crippen LogP contribution < -0.4 is 5.32 Å². The van der Waals surface area contributed by atoms with Gasteiger partial charge in [0.15, 0.2) is 5.82 Å². The van der Waals surface area contributed by atoms with Crippen LogP contribution >= 0.6 is 11.8 Å². The van der Waals surface area contributed by atoms with E-state index in [1.54, 1.807) is 0 Å². The quantitative estimate of drug-likeness (QED) is 0.735. The van der Waals surface area contributed by atoms with Crippen LogP contribution in [0.25, 0.3) is 0 Å². The number of hydrogen-bond donors (Lipinski definition) is 1. The summed E-state index contributed by atoms with van der Waals surface area (Å²) in [5.74, 6) is 3.44. The highest BCUT2D eigenvalue weighted by molar-refractivity contribution is 7.98. The molecule has 80 valence electrons. The lowest BCUT2D eigenvalue weighted by Crippen LogP contribution is -2.12. The summed E-state index contributed by atoms with van der Waals surface area (Å²) in [6.07, 6.45) is 1.18. The van der Waals surface area contributed by atoms with Crippen molar-refractivity contribution in [3.05, 3.63) is 11.7 Å². The maximum absolute atomic E-state index is 5.11. The van der Waals surface area contributed by atoms with Crippen LogP contribution in [0, 0.1) is 0 Å². The topological polar surface area (TPSA) is 51.0 Å². The average molecular weight is 215 g/mol.